The van der Waals surface area contributed by atoms with Crippen molar-refractivity contribution in [2.24, 2.45) is 10.2 Å². The van der Waals surface area contributed by atoms with E-state index in [4.69, 9.17) is 6.42 Å². The van der Waals surface area contributed by atoms with Crippen molar-refractivity contribution >= 4 is 11.7 Å². The first-order valence-electron chi connectivity index (χ1n) is 4.90. The maximum atomic E-state index is 5.17. The Bertz CT molecular complexity index is 455. The summed E-state index contributed by atoms with van der Waals surface area (Å²) in [4.78, 5) is 4.00. The molecule has 0 radical (unpaired) electrons. The maximum absolute atomic E-state index is 5.17. The highest BCUT2D eigenvalue weighted by Crippen LogP contribution is 2.00. The Morgan fingerprint density at radius 2 is 2.25 bits per heavy atom. The van der Waals surface area contributed by atoms with Crippen molar-refractivity contribution in [3.63, 3.8) is 0 Å². The largest absolute Gasteiger partial charge is 0.264 e. The molecule has 2 heterocycles. The van der Waals surface area contributed by atoms with Gasteiger partial charge in [0, 0.05) is 30.8 Å². The molecule has 2 N–H and O–H groups in total. The lowest BCUT2D eigenvalue weighted by Crippen LogP contribution is -2.33. The van der Waals surface area contributed by atoms with E-state index in [0.717, 1.165) is 11.4 Å². The molecule has 2 rings (SSSR count). The minimum atomic E-state index is 0.644. The lowest BCUT2D eigenvalue weighted by molar-refractivity contribution is 0.845. The van der Waals surface area contributed by atoms with Crippen LogP contribution in [0, 0.1) is 12.3 Å². The summed E-state index contributed by atoms with van der Waals surface area (Å²) in [6.07, 6.45) is 9.93. The summed E-state index contributed by atoms with van der Waals surface area (Å²) >= 11 is 0. The third-order valence-electron chi connectivity index (χ3n) is 2.03. The van der Waals surface area contributed by atoms with E-state index in [-0.39, 0.29) is 0 Å². The van der Waals surface area contributed by atoms with Crippen molar-refractivity contribution in [1.82, 2.24) is 15.8 Å². The minimum absolute atomic E-state index is 0.644. The number of nitrogens with one attached hydrogen (secondary N) is 2. The van der Waals surface area contributed by atoms with E-state index in [0.29, 0.717) is 18.7 Å². The van der Waals surface area contributed by atoms with Crippen LogP contribution in [0.25, 0.3) is 0 Å². The molecule has 0 amide bonds. The van der Waals surface area contributed by atoms with Crippen LogP contribution < -0.4 is 10.9 Å². The molecule has 0 aromatic carbocycles. The van der Waals surface area contributed by atoms with Crippen molar-refractivity contribution in [3.8, 4) is 12.3 Å². The van der Waals surface area contributed by atoms with Crippen LogP contribution in [-0.2, 0) is 0 Å². The zero-order valence-corrected chi connectivity index (χ0v) is 8.64. The molecular weight excluding hydrogens is 202 g/mol. The van der Waals surface area contributed by atoms with Crippen LogP contribution in [0.15, 0.2) is 34.7 Å². The van der Waals surface area contributed by atoms with Crippen LogP contribution in [0.5, 0.6) is 0 Å². The number of amidine groups is 2. The molecule has 0 atom stereocenters. The minimum Gasteiger partial charge on any atom is -0.264 e. The normalized spacial score (nSPS) is 13.9. The van der Waals surface area contributed by atoms with E-state index >= 15 is 0 Å². The second kappa shape index (κ2) is 4.94. The molecule has 1 aromatic heterocycles. The molecule has 0 fully saturated rings. The van der Waals surface area contributed by atoms with E-state index in [1.807, 2.05) is 12.1 Å². The van der Waals surface area contributed by atoms with E-state index in [1.165, 1.54) is 0 Å². The van der Waals surface area contributed by atoms with Gasteiger partial charge in [0.1, 0.15) is 5.84 Å². The second-order valence-electron chi connectivity index (χ2n) is 3.19. The second-order valence-corrected chi connectivity index (χ2v) is 3.19. The Kier molecular flexibility index (Phi) is 3.14. The molecule has 5 heteroatoms. The number of hydrogen-bond acceptors (Lipinski definition) is 5. The highest BCUT2D eigenvalue weighted by molar-refractivity contribution is 6.01. The van der Waals surface area contributed by atoms with Gasteiger partial charge in [0.15, 0.2) is 5.84 Å². The van der Waals surface area contributed by atoms with Crippen LogP contribution in [0.4, 0.5) is 0 Å². The van der Waals surface area contributed by atoms with Gasteiger partial charge in [-0.1, -0.05) is 0 Å². The fourth-order valence-electron chi connectivity index (χ4n) is 1.23. The van der Waals surface area contributed by atoms with Crippen molar-refractivity contribution in [2.45, 2.75) is 12.8 Å². The predicted octanol–water partition coefficient (Wildman–Crippen LogP) is 0.663. The summed E-state index contributed by atoms with van der Waals surface area (Å²) < 4.78 is 0. The molecule has 80 valence electrons. The van der Waals surface area contributed by atoms with Crippen molar-refractivity contribution in [3.05, 3.63) is 30.1 Å². The van der Waals surface area contributed by atoms with E-state index in [9.17, 15) is 0 Å². The predicted molar refractivity (Wildman–Crippen MR) is 62.5 cm³/mol. The number of hydrogen-bond donors (Lipinski definition) is 2. The molecule has 1 aliphatic rings. The number of rotatable bonds is 3. The van der Waals surface area contributed by atoms with Crippen LogP contribution in [0.2, 0.25) is 0 Å². The first-order valence-corrected chi connectivity index (χ1v) is 4.90. The fourth-order valence-corrected chi connectivity index (χ4v) is 1.23. The fraction of sp³-hybridized carbons (Fsp3) is 0.182. The van der Waals surface area contributed by atoms with Gasteiger partial charge in [0.05, 0.1) is 0 Å². The quantitative estimate of drug-likeness (QED) is 0.725. The standard InChI is InChI=1S/C11H11N5/c1-2-3-6-10-13-15-11(16-14-10)9-5-4-7-12-8-9/h1,4-5,7-8H,3,6H2,(H,13,14)(H,15,16). The molecule has 0 unspecified atom stereocenters. The number of terminal acetylenes is 1. The smallest absolute Gasteiger partial charge is 0.175 e. The third kappa shape index (κ3) is 2.36. The first kappa shape index (κ1) is 10.2. The van der Waals surface area contributed by atoms with Gasteiger partial charge in [-0.3, -0.25) is 15.8 Å². The Morgan fingerprint density at radius 3 is 2.88 bits per heavy atom. The van der Waals surface area contributed by atoms with Crippen molar-refractivity contribution in [1.29, 1.82) is 0 Å². The van der Waals surface area contributed by atoms with Gasteiger partial charge >= 0.3 is 0 Å². The Labute approximate surface area is 93.7 Å². The zero-order chi connectivity index (χ0) is 11.2. The van der Waals surface area contributed by atoms with Gasteiger partial charge < -0.3 is 0 Å². The average molecular weight is 213 g/mol. The van der Waals surface area contributed by atoms with E-state index in [1.54, 1.807) is 12.4 Å². The summed E-state index contributed by atoms with van der Waals surface area (Å²) in [5.74, 6) is 3.94. The van der Waals surface area contributed by atoms with Crippen LogP contribution in [0.1, 0.15) is 18.4 Å². The molecule has 1 aliphatic heterocycles. The van der Waals surface area contributed by atoms with E-state index < -0.39 is 0 Å². The van der Waals surface area contributed by atoms with Crippen LogP contribution in [0.3, 0.4) is 0 Å². The molecule has 16 heavy (non-hydrogen) atoms. The van der Waals surface area contributed by atoms with Gasteiger partial charge in [-0.25, -0.2) is 0 Å². The van der Waals surface area contributed by atoms with Crippen LogP contribution >= 0.6 is 0 Å². The molecule has 1 aromatic rings. The highest BCUT2D eigenvalue weighted by atomic mass is 15.5. The number of pyridine rings is 1. The Morgan fingerprint density at radius 1 is 1.31 bits per heavy atom. The average Bonchev–Trinajstić information content (AvgIpc) is 2.38. The first-order chi connectivity index (χ1) is 7.90. The lowest BCUT2D eigenvalue weighted by Gasteiger charge is -2.13. The molecule has 0 aliphatic carbocycles. The number of nitrogens with zero attached hydrogens (tertiary/aromatic N) is 3. The van der Waals surface area contributed by atoms with Crippen molar-refractivity contribution < 1.29 is 0 Å². The monoisotopic (exact) mass is 213 g/mol. The van der Waals surface area contributed by atoms with Crippen molar-refractivity contribution in [2.75, 3.05) is 0 Å². The van der Waals surface area contributed by atoms with Gasteiger partial charge in [-0.2, -0.15) is 10.2 Å². The Hall–Kier alpha value is -2.35. The van der Waals surface area contributed by atoms with Gasteiger partial charge in [-0.15, -0.1) is 12.3 Å². The molecule has 5 nitrogen and oxygen atoms in total. The topological polar surface area (TPSA) is 61.7 Å². The third-order valence-corrected chi connectivity index (χ3v) is 2.03. The number of aromatic nitrogens is 1. The number of hydrazone groups is 2. The lowest BCUT2D eigenvalue weighted by atomic mass is 10.2. The van der Waals surface area contributed by atoms with Gasteiger partial charge in [-0.05, 0) is 12.1 Å². The summed E-state index contributed by atoms with van der Waals surface area (Å²) in [5.41, 5.74) is 6.60. The van der Waals surface area contributed by atoms with E-state index in [2.05, 4.69) is 32.0 Å². The molecule has 0 saturated heterocycles. The molecular formula is C11H11N5. The molecule has 0 spiro atoms. The Balaban J connectivity index is 1.99. The maximum Gasteiger partial charge on any atom is 0.175 e. The zero-order valence-electron chi connectivity index (χ0n) is 8.64. The highest BCUT2D eigenvalue weighted by Gasteiger charge is 2.08. The molecule has 0 bridgehead atoms. The SMILES string of the molecule is C#CCCC1=NNC(c2cccnc2)=NN1. The van der Waals surface area contributed by atoms with Gasteiger partial charge in [0.2, 0.25) is 0 Å². The summed E-state index contributed by atoms with van der Waals surface area (Å²) in [6, 6.07) is 3.75. The summed E-state index contributed by atoms with van der Waals surface area (Å²) in [6.45, 7) is 0. The van der Waals surface area contributed by atoms with Crippen LogP contribution in [-0.4, -0.2) is 16.7 Å². The van der Waals surface area contributed by atoms with Gasteiger partial charge in [0.25, 0.3) is 0 Å². The summed E-state index contributed by atoms with van der Waals surface area (Å²) in [5, 5.41) is 8.28. The summed E-state index contributed by atoms with van der Waals surface area (Å²) in [7, 11) is 0. The molecule has 0 saturated carbocycles.